The van der Waals surface area contributed by atoms with Crippen molar-refractivity contribution in [2.75, 3.05) is 0 Å². The maximum absolute atomic E-state index is 11.1. The van der Waals surface area contributed by atoms with Crippen LogP contribution < -0.4 is 10.5 Å². The van der Waals surface area contributed by atoms with Crippen molar-refractivity contribution >= 4 is 16.5 Å². The molecule has 0 amide bonds. The lowest BCUT2D eigenvalue weighted by Gasteiger charge is -2.15. The molecule has 2 N–H and O–H groups in total. The highest BCUT2D eigenvalue weighted by Crippen LogP contribution is 2.35. The third kappa shape index (κ3) is 2.67. The Kier molecular flexibility index (Phi) is 3.47. The summed E-state index contributed by atoms with van der Waals surface area (Å²) in [5.74, 6) is 0.667. The van der Waals surface area contributed by atoms with Gasteiger partial charge in [-0.05, 0) is 38.3 Å². The number of nitrogens with zero attached hydrogens (tertiary/aromatic N) is 2. The Hall–Kier alpha value is -2.21. The summed E-state index contributed by atoms with van der Waals surface area (Å²) in [4.78, 5) is 14.9. The molecule has 1 fully saturated rings. The molecule has 6 heteroatoms. The van der Waals surface area contributed by atoms with E-state index in [2.05, 4.69) is 4.98 Å². The molecule has 3 rings (SSSR count). The van der Waals surface area contributed by atoms with E-state index in [1.165, 1.54) is 12.3 Å². The number of rotatable bonds is 3. The average Bonchev–Trinajstić information content (AvgIpc) is 2.84. The lowest BCUT2D eigenvalue weighted by Crippen LogP contribution is -2.19. The Bertz CT molecular complexity index is 702. The monoisotopic (exact) mass is 287 g/mol. The van der Waals surface area contributed by atoms with Gasteiger partial charge >= 0.3 is 0 Å². The van der Waals surface area contributed by atoms with Gasteiger partial charge in [-0.2, -0.15) is 0 Å². The number of ether oxygens (including phenoxy) is 1. The van der Waals surface area contributed by atoms with Gasteiger partial charge in [0.15, 0.2) is 0 Å². The molecular formula is C15H17N3O3. The van der Waals surface area contributed by atoms with Crippen LogP contribution in [0.15, 0.2) is 24.4 Å². The molecule has 21 heavy (non-hydrogen) atoms. The molecule has 6 nitrogen and oxygen atoms in total. The van der Waals surface area contributed by atoms with Crippen molar-refractivity contribution in [2.24, 2.45) is 5.73 Å². The van der Waals surface area contributed by atoms with Crippen molar-refractivity contribution in [3.8, 4) is 5.75 Å². The van der Waals surface area contributed by atoms with Crippen molar-refractivity contribution < 1.29 is 9.66 Å². The van der Waals surface area contributed by atoms with Gasteiger partial charge < -0.3 is 10.5 Å². The van der Waals surface area contributed by atoms with Gasteiger partial charge in [-0.1, -0.05) is 0 Å². The Morgan fingerprint density at radius 1 is 1.38 bits per heavy atom. The molecule has 2 atom stereocenters. The van der Waals surface area contributed by atoms with Crippen molar-refractivity contribution in [2.45, 2.75) is 38.3 Å². The summed E-state index contributed by atoms with van der Waals surface area (Å²) in [6.45, 7) is 1.85. The maximum Gasteiger partial charge on any atom is 0.279 e. The normalized spacial score (nSPS) is 21.6. The van der Waals surface area contributed by atoms with Gasteiger partial charge in [-0.3, -0.25) is 15.1 Å². The predicted octanol–water partition coefficient (Wildman–Crippen LogP) is 2.71. The second-order valence-electron chi connectivity index (χ2n) is 5.52. The van der Waals surface area contributed by atoms with Gasteiger partial charge in [0.05, 0.1) is 10.3 Å². The van der Waals surface area contributed by atoms with Crippen LogP contribution >= 0.6 is 0 Å². The zero-order valence-electron chi connectivity index (χ0n) is 11.8. The number of nitro groups is 1. The first-order valence-electron chi connectivity index (χ1n) is 7.00. The first kappa shape index (κ1) is 13.8. The van der Waals surface area contributed by atoms with E-state index in [-0.39, 0.29) is 17.8 Å². The van der Waals surface area contributed by atoms with Gasteiger partial charge in [0.1, 0.15) is 11.9 Å². The lowest BCUT2D eigenvalue weighted by molar-refractivity contribution is -0.383. The zero-order valence-corrected chi connectivity index (χ0v) is 11.8. The molecular weight excluding hydrogens is 270 g/mol. The van der Waals surface area contributed by atoms with Crippen LogP contribution in [0.2, 0.25) is 0 Å². The summed E-state index contributed by atoms with van der Waals surface area (Å²) >= 11 is 0. The highest BCUT2D eigenvalue weighted by atomic mass is 16.6. The molecule has 110 valence electrons. The quantitative estimate of drug-likeness (QED) is 0.692. The minimum atomic E-state index is -0.394. The fourth-order valence-electron chi connectivity index (χ4n) is 2.82. The van der Waals surface area contributed by atoms with Crippen LogP contribution in [0, 0.1) is 17.0 Å². The molecule has 1 aromatic carbocycles. The van der Waals surface area contributed by atoms with Crippen LogP contribution in [-0.2, 0) is 0 Å². The Labute approximate surface area is 122 Å². The number of fused-ring (bicyclic) bond motifs is 1. The number of hydrogen-bond acceptors (Lipinski definition) is 5. The highest BCUT2D eigenvalue weighted by molar-refractivity contribution is 5.95. The fourth-order valence-corrected chi connectivity index (χ4v) is 2.82. The Balaban J connectivity index is 2.04. The van der Waals surface area contributed by atoms with Gasteiger partial charge in [-0.15, -0.1) is 0 Å². The molecule has 0 aliphatic heterocycles. The number of aromatic nitrogens is 1. The molecule has 1 heterocycles. The van der Waals surface area contributed by atoms with Crippen LogP contribution in [-0.4, -0.2) is 22.1 Å². The van der Waals surface area contributed by atoms with Gasteiger partial charge in [0.25, 0.3) is 5.69 Å². The second-order valence-corrected chi connectivity index (χ2v) is 5.52. The van der Waals surface area contributed by atoms with E-state index in [4.69, 9.17) is 10.5 Å². The van der Waals surface area contributed by atoms with Crippen molar-refractivity contribution in [3.63, 3.8) is 0 Å². The maximum atomic E-state index is 11.1. The van der Waals surface area contributed by atoms with E-state index in [0.29, 0.717) is 11.1 Å². The number of benzene rings is 1. The summed E-state index contributed by atoms with van der Waals surface area (Å²) < 4.78 is 6.02. The van der Waals surface area contributed by atoms with Crippen LogP contribution in [0.3, 0.4) is 0 Å². The van der Waals surface area contributed by atoms with Crippen LogP contribution in [0.25, 0.3) is 10.8 Å². The van der Waals surface area contributed by atoms with Crippen LogP contribution in [0.5, 0.6) is 5.75 Å². The lowest BCUT2D eigenvalue weighted by atomic mass is 10.1. The minimum absolute atomic E-state index is 0.0490. The molecule has 2 aromatic rings. The molecule has 0 saturated heterocycles. The zero-order chi connectivity index (χ0) is 15.0. The minimum Gasteiger partial charge on any atom is -0.490 e. The van der Waals surface area contributed by atoms with Gasteiger partial charge in [0.2, 0.25) is 0 Å². The summed E-state index contributed by atoms with van der Waals surface area (Å²) in [5, 5.41) is 12.4. The molecule has 1 aliphatic rings. The number of nitro benzene ring substituents is 1. The third-order valence-electron chi connectivity index (χ3n) is 3.89. The van der Waals surface area contributed by atoms with Crippen LogP contribution in [0.4, 0.5) is 5.69 Å². The predicted molar refractivity (Wildman–Crippen MR) is 79.4 cm³/mol. The van der Waals surface area contributed by atoms with E-state index in [1.807, 2.05) is 13.0 Å². The fraction of sp³-hybridized carbons (Fsp3) is 0.400. The average molecular weight is 287 g/mol. The Morgan fingerprint density at radius 2 is 2.19 bits per heavy atom. The third-order valence-corrected chi connectivity index (χ3v) is 3.89. The molecule has 1 saturated carbocycles. The van der Waals surface area contributed by atoms with Crippen molar-refractivity contribution in [3.05, 3.63) is 40.2 Å². The van der Waals surface area contributed by atoms with Crippen molar-refractivity contribution in [1.82, 2.24) is 4.98 Å². The van der Waals surface area contributed by atoms with Crippen molar-refractivity contribution in [1.29, 1.82) is 0 Å². The molecule has 2 unspecified atom stereocenters. The number of non-ortho nitro benzene ring substituents is 1. The standard InChI is InChI=1S/C15H17N3O3/c1-9-6-12-13(8-17-9)14(18(19)20)4-5-15(12)21-11-3-2-10(16)7-11/h4-6,8,10-11H,2-3,7,16H2,1H3. The smallest absolute Gasteiger partial charge is 0.279 e. The summed E-state index contributed by atoms with van der Waals surface area (Å²) in [5.41, 5.74) is 6.75. The number of nitrogens with two attached hydrogens (primary N) is 1. The van der Waals surface area contributed by atoms with Gasteiger partial charge in [-0.25, -0.2) is 0 Å². The topological polar surface area (TPSA) is 91.3 Å². The summed E-state index contributed by atoms with van der Waals surface area (Å²) in [6, 6.07) is 5.16. The second kappa shape index (κ2) is 5.29. The van der Waals surface area contributed by atoms with E-state index in [1.54, 1.807) is 6.07 Å². The first-order chi connectivity index (χ1) is 10.0. The SMILES string of the molecule is Cc1cc2c(OC3CCC(N)C3)ccc([N+](=O)[O-])c2cn1. The molecule has 0 radical (unpaired) electrons. The largest absolute Gasteiger partial charge is 0.490 e. The number of pyridine rings is 1. The number of aryl methyl sites for hydroxylation is 1. The Morgan fingerprint density at radius 3 is 2.86 bits per heavy atom. The summed E-state index contributed by atoms with van der Waals surface area (Å²) in [6.07, 6.45) is 4.32. The molecule has 1 aromatic heterocycles. The molecule has 1 aliphatic carbocycles. The van der Waals surface area contributed by atoms with Crippen LogP contribution in [0.1, 0.15) is 25.0 Å². The van der Waals surface area contributed by atoms with E-state index >= 15 is 0 Å². The van der Waals surface area contributed by atoms with E-state index < -0.39 is 4.92 Å². The first-order valence-corrected chi connectivity index (χ1v) is 7.00. The highest BCUT2D eigenvalue weighted by Gasteiger charge is 2.24. The van der Waals surface area contributed by atoms with Gasteiger partial charge in [0, 0.05) is 29.4 Å². The van der Waals surface area contributed by atoms with E-state index in [9.17, 15) is 10.1 Å². The number of hydrogen-bond donors (Lipinski definition) is 1. The molecule has 0 bridgehead atoms. The molecule has 0 spiro atoms. The van der Waals surface area contributed by atoms with E-state index in [0.717, 1.165) is 30.3 Å². The summed E-state index contributed by atoms with van der Waals surface area (Å²) in [7, 11) is 0.